The molecule has 2 aliphatic rings. The van der Waals surface area contributed by atoms with Gasteiger partial charge in [-0.3, -0.25) is 0 Å². The maximum atomic E-state index is 3.84. The van der Waals surface area contributed by atoms with E-state index in [1.807, 2.05) is 0 Å². The molecule has 0 radical (unpaired) electrons. The Balaban J connectivity index is 1.62. The second-order valence-corrected chi connectivity index (χ2v) is 6.24. The first-order valence-electron chi connectivity index (χ1n) is 7.51. The Morgan fingerprint density at radius 1 is 1.06 bits per heavy atom. The fourth-order valence-electron chi connectivity index (χ4n) is 3.26. The Morgan fingerprint density at radius 2 is 1.75 bits per heavy atom. The van der Waals surface area contributed by atoms with E-state index in [2.05, 4.69) is 19.2 Å². The molecule has 94 valence electrons. The molecule has 0 aliphatic heterocycles. The molecule has 0 atom stereocenters. The van der Waals surface area contributed by atoms with Crippen LogP contribution in [-0.2, 0) is 0 Å². The van der Waals surface area contributed by atoms with Crippen LogP contribution in [0.15, 0.2) is 0 Å². The second-order valence-electron chi connectivity index (χ2n) is 6.24. The van der Waals surface area contributed by atoms with Gasteiger partial charge in [-0.15, -0.1) is 0 Å². The Hall–Kier alpha value is -0.0400. The first-order chi connectivity index (χ1) is 7.78. The molecule has 0 unspecified atom stereocenters. The van der Waals surface area contributed by atoms with Crippen molar-refractivity contribution in [3.05, 3.63) is 0 Å². The molecule has 1 heteroatoms. The number of hydrogen-bond acceptors (Lipinski definition) is 1. The highest BCUT2D eigenvalue weighted by molar-refractivity contribution is 4.94. The summed E-state index contributed by atoms with van der Waals surface area (Å²) in [7, 11) is 0. The molecule has 2 rings (SSSR count). The first-order valence-corrected chi connectivity index (χ1v) is 7.51. The molecule has 0 amide bonds. The van der Waals surface area contributed by atoms with E-state index >= 15 is 0 Å². The van der Waals surface area contributed by atoms with E-state index < -0.39 is 0 Å². The molecule has 2 saturated carbocycles. The molecular weight excluding hydrogens is 194 g/mol. The summed E-state index contributed by atoms with van der Waals surface area (Å²) in [5.41, 5.74) is 0.722. The minimum Gasteiger partial charge on any atom is -0.313 e. The van der Waals surface area contributed by atoms with E-state index in [0.717, 1.165) is 17.4 Å². The summed E-state index contributed by atoms with van der Waals surface area (Å²) in [6.07, 6.45) is 13.0. The molecule has 1 nitrogen and oxygen atoms in total. The number of nitrogens with one attached hydrogen (secondary N) is 1. The Labute approximate surface area is 101 Å². The molecule has 2 aliphatic carbocycles. The third-order valence-electron chi connectivity index (χ3n) is 5.02. The van der Waals surface area contributed by atoms with Gasteiger partial charge in [0.25, 0.3) is 0 Å². The van der Waals surface area contributed by atoms with Crippen LogP contribution in [0.4, 0.5) is 0 Å². The molecule has 2 fully saturated rings. The monoisotopic (exact) mass is 223 g/mol. The molecule has 16 heavy (non-hydrogen) atoms. The molecule has 1 N–H and O–H groups in total. The van der Waals surface area contributed by atoms with Crippen LogP contribution in [-0.4, -0.2) is 12.6 Å². The van der Waals surface area contributed by atoms with Crippen molar-refractivity contribution < 1.29 is 0 Å². The van der Waals surface area contributed by atoms with Crippen LogP contribution in [0.3, 0.4) is 0 Å². The summed E-state index contributed by atoms with van der Waals surface area (Å²) in [5, 5.41) is 3.84. The average Bonchev–Trinajstić information content (AvgIpc) is 3.09. The summed E-state index contributed by atoms with van der Waals surface area (Å²) >= 11 is 0. The molecule has 0 spiro atoms. The van der Waals surface area contributed by atoms with Gasteiger partial charge in [0.15, 0.2) is 0 Å². The maximum Gasteiger partial charge on any atom is 0.00674 e. The van der Waals surface area contributed by atoms with Crippen molar-refractivity contribution >= 4 is 0 Å². The van der Waals surface area contributed by atoms with Crippen LogP contribution in [0.1, 0.15) is 71.6 Å². The van der Waals surface area contributed by atoms with E-state index in [4.69, 9.17) is 0 Å². The van der Waals surface area contributed by atoms with Crippen LogP contribution < -0.4 is 5.32 Å². The van der Waals surface area contributed by atoms with Crippen molar-refractivity contribution in [2.45, 2.75) is 77.7 Å². The SMILES string of the molecule is CCCC1CCC(NCC2(CC)CC2)CC1. The summed E-state index contributed by atoms with van der Waals surface area (Å²) in [6, 6.07) is 0.845. The van der Waals surface area contributed by atoms with Crippen LogP contribution in [0.5, 0.6) is 0 Å². The van der Waals surface area contributed by atoms with Crippen LogP contribution in [0.2, 0.25) is 0 Å². The second kappa shape index (κ2) is 5.53. The lowest BCUT2D eigenvalue weighted by atomic mass is 9.83. The molecule has 0 aromatic rings. The van der Waals surface area contributed by atoms with Crippen LogP contribution in [0.25, 0.3) is 0 Å². The van der Waals surface area contributed by atoms with Gasteiger partial charge in [-0.25, -0.2) is 0 Å². The number of rotatable bonds is 6. The van der Waals surface area contributed by atoms with E-state index in [-0.39, 0.29) is 0 Å². The zero-order valence-corrected chi connectivity index (χ0v) is 11.2. The highest BCUT2D eigenvalue weighted by Gasteiger charge is 2.40. The smallest absolute Gasteiger partial charge is 0.00674 e. The van der Waals surface area contributed by atoms with Gasteiger partial charge in [0.1, 0.15) is 0 Å². The van der Waals surface area contributed by atoms with E-state index in [9.17, 15) is 0 Å². The van der Waals surface area contributed by atoms with Gasteiger partial charge in [0.2, 0.25) is 0 Å². The predicted octanol–water partition coefficient (Wildman–Crippen LogP) is 4.13. The lowest BCUT2D eigenvalue weighted by molar-refractivity contribution is 0.265. The van der Waals surface area contributed by atoms with E-state index in [1.165, 1.54) is 64.3 Å². The zero-order valence-electron chi connectivity index (χ0n) is 11.2. The highest BCUT2D eigenvalue weighted by Crippen LogP contribution is 2.48. The van der Waals surface area contributed by atoms with Gasteiger partial charge in [-0.1, -0.05) is 26.7 Å². The van der Waals surface area contributed by atoms with Gasteiger partial charge in [0, 0.05) is 12.6 Å². The molecule has 0 bridgehead atoms. The lowest BCUT2D eigenvalue weighted by Gasteiger charge is -2.30. The van der Waals surface area contributed by atoms with Gasteiger partial charge < -0.3 is 5.32 Å². The number of hydrogen-bond donors (Lipinski definition) is 1. The molecule has 0 aromatic carbocycles. The van der Waals surface area contributed by atoms with Crippen LogP contribution >= 0.6 is 0 Å². The maximum absolute atomic E-state index is 3.84. The van der Waals surface area contributed by atoms with Gasteiger partial charge in [-0.2, -0.15) is 0 Å². The third kappa shape index (κ3) is 3.23. The molecule has 0 saturated heterocycles. The standard InChI is InChI=1S/C15H29N/c1-3-5-13-6-8-14(9-7-13)16-12-15(4-2)10-11-15/h13-14,16H,3-12H2,1-2H3. The first kappa shape index (κ1) is 12.4. The average molecular weight is 223 g/mol. The summed E-state index contributed by atoms with van der Waals surface area (Å²) in [6.45, 7) is 5.97. The third-order valence-corrected chi connectivity index (χ3v) is 5.02. The largest absolute Gasteiger partial charge is 0.313 e. The highest BCUT2D eigenvalue weighted by atomic mass is 14.9. The fourth-order valence-corrected chi connectivity index (χ4v) is 3.26. The van der Waals surface area contributed by atoms with Gasteiger partial charge in [0.05, 0.1) is 0 Å². The van der Waals surface area contributed by atoms with Crippen molar-refractivity contribution in [3.63, 3.8) is 0 Å². The van der Waals surface area contributed by atoms with Crippen LogP contribution in [0, 0.1) is 11.3 Å². The van der Waals surface area contributed by atoms with E-state index in [1.54, 1.807) is 0 Å². The van der Waals surface area contributed by atoms with Crippen molar-refractivity contribution in [1.29, 1.82) is 0 Å². The predicted molar refractivity (Wildman–Crippen MR) is 70.6 cm³/mol. The van der Waals surface area contributed by atoms with Gasteiger partial charge >= 0.3 is 0 Å². The topological polar surface area (TPSA) is 12.0 Å². The molecular formula is C15H29N. The van der Waals surface area contributed by atoms with E-state index in [0.29, 0.717) is 0 Å². The Bertz CT molecular complexity index is 199. The lowest BCUT2D eigenvalue weighted by Crippen LogP contribution is -2.36. The van der Waals surface area contributed by atoms with Crippen molar-refractivity contribution in [3.8, 4) is 0 Å². The quantitative estimate of drug-likeness (QED) is 0.714. The normalized spacial score (nSPS) is 32.6. The summed E-state index contributed by atoms with van der Waals surface area (Å²) in [5.74, 6) is 1.05. The van der Waals surface area contributed by atoms with Gasteiger partial charge in [-0.05, 0) is 56.3 Å². The van der Waals surface area contributed by atoms with Crippen molar-refractivity contribution in [2.75, 3.05) is 6.54 Å². The fraction of sp³-hybridized carbons (Fsp3) is 1.00. The van der Waals surface area contributed by atoms with Crippen molar-refractivity contribution in [2.24, 2.45) is 11.3 Å². The zero-order chi connectivity index (χ0) is 11.4. The molecule has 0 aromatic heterocycles. The summed E-state index contributed by atoms with van der Waals surface area (Å²) in [4.78, 5) is 0. The summed E-state index contributed by atoms with van der Waals surface area (Å²) < 4.78 is 0. The van der Waals surface area contributed by atoms with Crippen molar-refractivity contribution in [1.82, 2.24) is 5.32 Å². The minimum atomic E-state index is 0.722. The Morgan fingerprint density at radius 3 is 2.25 bits per heavy atom. The minimum absolute atomic E-state index is 0.722. The Kier molecular flexibility index (Phi) is 4.29. The molecule has 0 heterocycles.